The van der Waals surface area contributed by atoms with E-state index in [-0.39, 0.29) is 11.9 Å². The minimum absolute atomic E-state index is 0.0125. The van der Waals surface area contributed by atoms with Gasteiger partial charge in [0.05, 0.1) is 13.0 Å². The van der Waals surface area contributed by atoms with Gasteiger partial charge in [-0.15, -0.1) is 0 Å². The Labute approximate surface area is 79.0 Å². The molecule has 3 atom stereocenters. The van der Waals surface area contributed by atoms with Crippen molar-refractivity contribution in [1.82, 2.24) is 0 Å². The summed E-state index contributed by atoms with van der Waals surface area (Å²) in [5.41, 5.74) is 0. The minimum Gasteiger partial charge on any atom is -0.469 e. The van der Waals surface area contributed by atoms with Crippen LogP contribution in [0.15, 0.2) is 12.2 Å². The highest BCUT2D eigenvalue weighted by Gasteiger charge is 2.53. The lowest BCUT2D eigenvalue weighted by Crippen LogP contribution is -2.05. The van der Waals surface area contributed by atoms with E-state index >= 15 is 0 Å². The van der Waals surface area contributed by atoms with Crippen LogP contribution in [0.2, 0.25) is 0 Å². The maximum absolute atomic E-state index is 11.3. The third kappa shape index (κ3) is 1.62. The molecule has 0 aromatic heterocycles. The summed E-state index contributed by atoms with van der Waals surface area (Å²) in [6.45, 7) is 0. The zero-order valence-corrected chi connectivity index (χ0v) is 8.03. The second-order valence-electron chi connectivity index (χ2n) is 4.00. The van der Waals surface area contributed by atoms with Crippen LogP contribution in [0.1, 0.15) is 25.7 Å². The molecule has 0 N–H and O–H groups in total. The molecule has 1 fully saturated rings. The molecule has 0 amide bonds. The molecule has 2 aliphatic carbocycles. The van der Waals surface area contributed by atoms with Crippen molar-refractivity contribution in [2.45, 2.75) is 25.7 Å². The summed E-state index contributed by atoms with van der Waals surface area (Å²) in [4.78, 5) is 11.3. The molecule has 72 valence electrons. The summed E-state index contributed by atoms with van der Waals surface area (Å²) in [6, 6.07) is 0. The van der Waals surface area contributed by atoms with Gasteiger partial charge in [-0.25, -0.2) is 0 Å². The van der Waals surface area contributed by atoms with E-state index in [9.17, 15) is 4.79 Å². The Balaban J connectivity index is 2.00. The molecule has 0 aromatic rings. The summed E-state index contributed by atoms with van der Waals surface area (Å²) in [6.07, 6.45) is 9.35. The van der Waals surface area contributed by atoms with Crippen LogP contribution in [-0.4, -0.2) is 13.1 Å². The molecule has 2 aliphatic rings. The predicted molar refractivity (Wildman–Crippen MR) is 50.1 cm³/mol. The number of ether oxygens (including phenoxy) is 1. The average Bonchev–Trinajstić information content (AvgIpc) is 2.75. The molecule has 0 saturated heterocycles. The quantitative estimate of drug-likeness (QED) is 0.456. The molecule has 0 radical (unpaired) electrons. The van der Waals surface area contributed by atoms with Crippen LogP contribution in [0.4, 0.5) is 0 Å². The van der Waals surface area contributed by atoms with Crippen molar-refractivity contribution in [1.29, 1.82) is 0 Å². The SMILES string of the molecule is COC(=O)C1C2C=CCCCCC21. The van der Waals surface area contributed by atoms with Gasteiger partial charge >= 0.3 is 5.97 Å². The second-order valence-corrected chi connectivity index (χ2v) is 4.00. The molecule has 0 aliphatic heterocycles. The highest BCUT2D eigenvalue weighted by Crippen LogP contribution is 2.51. The van der Waals surface area contributed by atoms with E-state index in [2.05, 4.69) is 12.2 Å². The highest BCUT2D eigenvalue weighted by atomic mass is 16.5. The number of esters is 1. The van der Waals surface area contributed by atoms with E-state index in [1.165, 1.54) is 32.8 Å². The minimum atomic E-state index is -0.0125. The Morgan fingerprint density at radius 2 is 2.31 bits per heavy atom. The first kappa shape index (κ1) is 8.79. The third-order valence-corrected chi connectivity index (χ3v) is 3.22. The van der Waals surface area contributed by atoms with Crippen molar-refractivity contribution in [2.24, 2.45) is 17.8 Å². The van der Waals surface area contributed by atoms with Gasteiger partial charge in [0.2, 0.25) is 0 Å². The summed E-state index contributed by atoms with van der Waals surface area (Å²) >= 11 is 0. The molecular formula is C11H16O2. The molecule has 0 bridgehead atoms. The zero-order valence-electron chi connectivity index (χ0n) is 8.03. The Kier molecular flexibility index (Phi) is 2.38. The molecule has 0 heterocycles. The molecule has 0 aromatic carbocycles. The zero-order chi connectivity index (χ0) is 9.26. The standard InChI is InChI=1S/C11H16O2/c1-13-11(12)10-8-6-4-2-3-5-7-9(8)10/h4,6,8-10H,2-3,5,7H2,1H3. The van der Waals surface area contributed by atoms with Crippen molar-refractivity contribution in [2.75, 3.05) is 7.11 Å². The van der Waals surface area contributed by atoms with Gasteiger partial charge in [0.1, 0.15) is 0 Å². The van der Waals surface area contributed by atoms with Gasteiger partial charge in [-0.2, -0.15) is 0 Å². The maximum Gasteiger partial charge on any atom is 0.309 e. The number of allylic oxidation sites excluding steroid dienone is 2. The molecule has 2 nitrogen and oxygen atoms in total. The van der Waals surface area contributed by atoms with Gasteiger partial charge in [0, 0.05) is 0 Å². The molecule has 2 heteroatoms. The van der Waals surface area contributed by atoms with E-state index in [0.29, 0.717) is 11.8 Å². The summed E-state index contributed by atoms with van der Waals surface area (Å²) in [5.74, 6) is 1.25. The van der Waals surface area contributed by atoms with Crippen LogP contribution in [0.5, 0.6) is 0 Å². The van der Waals surface area contributed by atoms with Gasteiger partial charge < -0.3 is 4.74 Å². The number of hydrogen-bond acceptors (Lipinski definition) is 2. The van der Waals surface area contributed by atoms with Gasteiger partial charge in [-0.3, -0.25) is 4.79 Å². The van der Waals surface area contributed by atoms with E-state index < -0.39 is 0 Å². The summed E-state index contributed by atoms with van der Waals surface area (Å²) in [5, 5.41) is 0. The number of rotatable bonds is 1. The molecule has 1 saturated carbocycles. The Morgan fingerprint density at radius 1 is 1.46 bits per heavy atom. The van der Waals surface area contributed by atoms with Crippen LogP contribution < -0.4 is 0 Å². The van der Waals surface area contributed by atoms with E-state index in [1.807, 2.05) is 0 Å². The Morgan fingerprint density at radius 3 is 3.08 bits per heavy atom. The van der Waals surface area contributed by atoms with Crippen LogP contribution in [0.25, 0.3) is 0 Å². The predicted octanol–water partition coefficient (Wildman–Crippen LogP) is 2.15. The maximum atomic E-state index is 11.3. The van der Waals surface area contributed by atoms with Gasteiger partial charge in [0.15, 0.2) is 0 Å². The fourth-order valence-corrected chi connectivity index (χ4v) is 2.40. The third-order valence-electron chi connectivity index (χ3n) is 3.22. The summed E-state index contributed by atoms with van der Waals surface area (Å²) < 4.78 is 4.77. The lowest BCUT2D eigenvalue weighted by molar-refractivity contribution is -0.142. The second kappa shape index (κ2) is 3.52. The van der Waals surface area contributed by atoms with Crippen molar-refractivity contribution >= 4 is 5.97 Å². The van der Waals surface area contributed by atoms with Crippen LogP contribution in [0, 0.1) is 17.8 Å². The fourth-order valence-electron chi connectivity index (χ4n) is 2.40. The van der Waals surface area contributed by atoms with Crippen LogP contribution in [0.3, 0.4) is 0 Å². The molecule has 0 spiro atoms. The van der Waals surface area contributed by atoms with Gasteiger partial charge in [-0.05, 0) is 31.1 Å². The van der Waals surface area contributed by atoms with Crippen molar-refractivity contribution in [3.8, 4) is 0 Å². The van der Waals surface area contributed by atoms with Gasteiger partial charge in [0.25, 0.3) is 0 Å². The van der Waals surface area contributed by atoms with Gasteiger partial charge in [-0.1, -0.05) is 18.6 Å². The van der Waals surface area contributed by atoms with Crippen LogP contribution >= 0.6 is 0 Å². The Hall–Kier alpha value is -0.790. The topological polar surface area (TPSA) is 26.3 Å². The first-order valence-electron chi connectivity index (χ1n) is 5.09. The number of carbonyl (C=O) groups is 1. The van der Waals surface area contributed by atoms with Crippen LogP contribution in [-0.2, 0) is 9.53 Å². The lowest BCUT2D eigenvalue weighted by Gasteiger charge is -1.99. The normalized spacial score (nSPS) is 37.2. The first-order valence-corrected chi connectivity index (χ1v) is 5.09. The molecule has 3 unspecified atom stereocenters. The number of methoxy groups -OCH3 is 1. The molecule has 13 heavy (non-hydrogen) atoms. The lowest BCUT2D eigenvalue weighted by atomic mass is 10.1. The molecule has 2 rings (SSSR count). The van der Waals surface area contributed by atoms with Crippen molar-refractivity contribution < 1.29 is 9.53 Å². The van der Waals surface area contributed by atoms with Crippen molar-refractivity contribution in [3.05, 3.63) is 12.2 Å². The highest BCUT2D eigenvalue weighted by molar-refractivity contribution is 5.77. The number of carbonyl (C=O) groups excluding carboxylic acids is 1. The van der Waals surface area contributed by atoms with E-state index in [0.717, 1.165) is 0 Å². The summed E-state index contributed by atoms with van der Waals surface area (Å²) in [7, 11) is 1.48. The monoisotopic (exact) mass is 180 g/mol. The van der Waals surface area contributed by atoms with E-state index in [1.54, 1.807) is 0 Å². The Bertz CT molecular complexity index is 232. The smallest absolute Gasteiger partial charge is 0.309 e. The number of hydrogen-bond donors (Lipinski definition) is 0. The first-order chi connectivity index (χ1) is 6.34. The number of fused-ring (bicyclic) bond motifs is 1. The largest absolute Gasteiger partial charge is 0.469 e. The van der Waals surface area contributed by atoms with Crippen molar-refractivity contribution in [3.63, 3.8) is 0 Å². The fraction of sp³-hybridized carbons (Fsp3) is 0.727. The van der Waals surface area contributed by atoms with E-state index in [4.69, 9.17) is 4.74 Å². The molecular weight excluding hydrogens is 164 g/mol. The average molecular weight is 180 g/mol.